The fraction of sp³-hybridized carbons (Fsp3) is 0.0588. The van der Waals surface area contributed by atoms with E-state index in [1.165, 1.54) is 12.1 Å². The van der Waals surface area contributed by atoms with Gasteiger partial charge in [-0.1, -0.05) is 34.1 Å². The summed E-state index contributed by atoms with van der Waals surface area (Å²) in [4.78, 5) is 12.1. The van der Waals surface area contributed by atoms with Gasteiger partial charge < -0.3 is 5.32 Å². The molecule has 0 atom stereocenters. The van der Waals surface area contributed by atoms with Crippen molar-refractivity contribution < 1.29 is 9.18 Å². The SMILES string of the molecule is O=C(Nc1ccn(Cc2ccc(F)cc2)n1)c1cccc(Br)c1. The Kier molecular flexibility index (Phi) is 4.52. The Morgan fingerprint density at radius 3 is 2.70 bits per heavy atom. The van der Waals surface area contributed by atoms with E-state index in [0.717, 1.165) is 10.0 Å². The zero-order valence-electron chi connectivity index (χ0n) is 12.0. The van der Waals surface area contributed by atoms with Crippen molar-refractivity contribution in [2.45, 2.75) is 6.54 Å². The number of amides is 1. The van der Waals surface area contributed by atoms with E-state index in [1.807, 2.05) is 6.07 Å². The normalized spacial score (nSPS) is 10.5. The number of carbonyl (C=O) groups excluding carboxylic acids is 1. The molecule has 0 bridgehead atoms. The number of nitrogens with zero attached hydrogens (tertiary/aromatic N) is 2. The lowest BCUT2D eigenvalue weighted by atomic mass is 10.2. The molecular weight excluding hydrogens is 361 g/mol. The Morgan fingerprint density at radius 1 is 1.17 bits per heavy atom. The summed E-state index contributed by atoms with van der Waals surface area (Å²) >= 11 is 3.34. The van der Waals surface area contributed by atoms with Crippen LogP contribution in [0.1, 0.15) is 15.9 Å². The monoisotopic (exact) mass is 373 g/mol. The highest BCUT2D eigenvalue weighted by Crippen LogP contribution is 2.14. The quantitative estimate of drug-likeness (QED) is 0.748. The van der Waals surface area contributed by atoms with Crippen LogP contribution in [0.3, 0.4) is 0 Å². The predicted molar refractivity (Wildman–Crippen MR) is 89.8 cm³/mol. The number of halogens is 2. The smallest absolute Gasteiger partial charge is 0.256 e. The van der Waals surface area contributed by atoms with Gasteiger partial charge in [-0.15, -0.1) is 0 Å². The third-order valence-corrected chi connectivity index (χ3v) is 3.72. The van der Waals surface area contributed by atoms with E-state index in [4.69, 9.17) is 0 Å². The van der Waals surface area contributed by atoms with Gasteiger partial charge in [0, 0.05) is 22.3 Å². The Balaban J connectivity index is 1.67. The third-order valence-electron chi connectivity index (χ3n) is 3.23. The Hall–Kier alpha value is -2.47. The summed E-state index contributed by atoms with van der Waals surface area (Å²) in [6, 6.07) is 15.1. The molecule has 116 valence electrons. The van der Waals surface area contributed by atoms with Crippen LogP contribution >= 0.6 is 15.9 Å². The topological polar surface area (TPSA) is 46.9 Å². The Morgan fingerprint density at radius 2 is 1.96 bits per heavy atom. The van der Waals surface area contributed by atoms with Crippen LogP contribution in [0.15, 0.2) is 65.3 Å². The Bertz CT molecular complexity index is 830. The molecule has 0 spiro atoms. The summed E-state index contributed by atoms with van der Waals surface area (Å²) < 4.78 is 15.4. The summed E-state index contributed by atoms with van der Waals surface area (Å²) in [5.74, 6) is -0.0217. The van der Waals surface area contributed by atoms with Crippen molar-refractivity contribution in [1.29, 1.82) is 0 Å². The minimum Gasteiger partial charge on any atom is -0.305 e. The first-order valence-electron chi connectivity index (χ1n) is 6.95. The molecule has 0 aliphatic heterocycles. The van der Waals surface area contributed by atoms with Crippen molar-refractivity contribution in [3.05, 3.63) is 82.2 Å². The van der Waals surface area contributed by atoms with Crippen molar-refractivity contribution in [3.8, 4) is 0 Å². The van der Waals surface area contributed by atoms with Crippen molar-refractivity contribution >= 4 is 27.7 Å². The first kappa shape index (κ1) is 15.4. The second kappa shape index (κ2) is 6.75. The van der Waals surface area contributed by atoms with Gasteiger partial charge >= 0.3 is 0 Å². The molecule has 6 heteroatoms. The van der Waals surface area contributed by atoms with Crippen LogP contribution < -0.4 is 5.32 Å². The van der Waals surface area contributed by atoms with Crippen LogP contribution in [-0.2, 0) is 6.54 Å². The molecule has 0 fully saturated rings. The maximum Gasteiger partial charge on any atom is 0.256 e. The minimum absolute atomic E-state index is 0.224. The van der Waals surface area contributed by atoms with Gasteiger partial charge in [0.15, 0.2) is 5.82 Å². The summed E-state index contributed by atoms with van der Waals surface area (Å²) in [6.45, 7) is 0.507. The first-order valence-corrected chi connectivity index (χ1v) is 7.74. The van der Waals surface area contributed by atoms with E-state index in [0.29, 0.717) is 17.9 Å². The molecule has 1 amide bonds. The standard InChI is InChI=1S/C17H13BrFN3O/c18-14-3-1-2-13(10-14)17(23)20-16-8-9-22(21-16)11-12-4-6-15(19)7-5-12/h1-10H,11H2,(H,20,21,23). The molecule has 2 aromatic carbocycles. The molecule has 1 N–H and O–H groups in total. The van der Waals surface area contributed by atoms with Crippen molar-refractivity contribution in [3.63, 3.8) is 0 Å². The Labute approximate surface area is 141 Å². The van der Waals surface area contributed by atoms with Gasteiger partial charge in [-0.05, 0) is 35.9 Å². The highest BCUT2D eigenvalue weighted by atomic mass is 79.9. The lowest BCUT2D eigenvalue weighted by molar-refractivity contribution is 0.102. The van der Waals surface area contributed by atoms with Crippen molar-refractivity contribution in [2.24, 2.45) is 0 Å². The van der Waals surface area contributed by atoms with Crippen LogP contribution in [0.2, 0.25) is 0 Å². The van der Waals surface area contributed by atoms with Crippen molar-refractivity contribution in [2.75, 3.05) is 5.32 Å². The van der Waals surface area contributed by atoms with E-state index >= 15 is 0 Å². The molecule has 0 unspecified atom stereocenters. The van der Waals surface area contributed by atoms with Gasteiger partial charge in [0.2, 0.25) is 0 Å². The first-order chi connectivity index (χ1) is 11.1. The van der Waals surface area contributed by atoms with E-state index in [-0.39, 0.29) is 11.7 Å². The van der Waals surface area contributed by atoms with Crippen LogP contribution in [0.4, 0.5) is 10.2 Å². The molecule has 3 aromatic rings. The lowest BCUT2D eigenvalue weighted by Crippen LogP contribution is -2.12. The second-order valence-electron chi connectivity index (χ2n) is 4.99. The van der Waals surface area contributed by atoms with Gasteiger partial charge in [-0.2, -0.15) is 5.10 Å². The molecule has 1 aromatic heterocycles. The van der Waals surface area contributed by atoms with Gasteiger partial charge in [0.05, 0.1) is 6.54 Å². The van der Waals surface area contributed by atoms with Crippen LogP contribution in [0, 0.1) is 5.82 Å². The molecular formula is C17H13BrFN3O. The molecule has 4 nitrogen and oxygen atoms in total. The van der Waals surface area contributed by atoms with Gasteiger partial charge in [0.1, 0.15) is 5.82 Å². The number of hydrogen-bond acceptors (Lipinski definition) is 2. The number of hydrogen-bond donors (Lipinski definition) is 1. The number of nitrogens with one attached hydrogen (secondary N) is 1. The van der Waals surface area contributed by atoms with Crippen LogP contribution in [0.5, 0.6) is 0 Å². The molecule has 0 aliphatic carbocycles. The average Bonchev–Trinajstić information content (AvgIpc) is 2.96. The molecule has 3 rings (SSSR count). The largest absolute Gasteiger partial charge is 0.305 e. The van der Waals surface area contributed by atoms with E-state index in [9.17, 15) is 9.18 Å². The molecule has 0 aliphatic rings. The predicted octanol–water partition coefficient (Wildman–Crippen LogP) is 4.09. The zero-order chi connectivity index (χ0) is 16.2. The zero-order valence-corrected chi connectivity index (χ0v) is 13.6. The van der Waals surface area contributed by atoms with Gasteiger partial charge in [-0.3, -0.25) is 9.48 Å². The highest BCUT2D eigenvalue weighted by molar-refractivity contribution is 9.10. The maximum absolute atomic E-state index is 12.9. The molecule has 0 saturated carbocycles. The lowest BCUT2D eigenvalue weighted by Gasteiger charge is -2.03. The van der Waals surface area contributed by atoms with Gasteiger partial charge in [0.25, 0.3) is 5.91 Å². The highest BCUT2D eigenvalue weighted by Gasteiger charge is 2.08. The van der Waals surface area contributed by atoms with Crippen LogP contribution in [-0.4, -0.2) is 15.7 Å². The number of anilines is 1. The van der Waals surface area contributed by atoms with E-state index < -0.39 is 0 Å². The second-order valence-corrected chi connectivity index (χ2v) is 5.91. The average molecular weight is 374 g/mol. The number of rotatable bonds is 4. The van der Waals surface area contributed by atoms with Crippen molar-refractivity contribution in [1.82, 2.24) is 9.78 Å². The number of benzene rings is 2. The molecule has 0 saturated heterocycles. The van der Waals surface area contributed by atoms with Gasteiger partial charge in [-0.25, -0.2) is 4.39 Å². The third kappa shape index (κ3) is 4.04. The fourth-order valence-corrected chi connectivity index (χ4v) is 2.51. The maximum atomic E-state index is 12.9. The summed E-state index contributed by atoms with van der Waals surface area (Å²) in [5, 5.41) is 7.04. The fourth-order valence-electron chi connectivity index (χ4n) is 2.11. The van der Waals surface area contributed by atoms with Crippen LogP contribution in [0.25, 0.3) is 0 Å². The number of aromatic nitrogens is 2. The molecule has 0 radical (unpaired) electrons. The molecule has 1 heterocycles. The molecule has 23 heavy (non-hydrogen) atoms. The number of carbonyl (C=O) groups is 1. The minimum atomic E-state index is -0.267. The summed E-state index contributed by atoms with van der Waals surface area (Å²) in [7, 11) is 0. The summed E-state index contributed by atoms with van der Waals surface area (Å²) in [6.07, 6.45) is 1.76. The van der Waals surface area contributed by atoms with E-state index in [1.54, 1.807) is 47.3 Å². The summed E-state index contributed by atoms with van der Waals surface area (Å²) in [5.41, 5.74) is 1.48. The van der Waals surface area contributed by atoms with E-state index in [2.05, 4.69) is 26.3 Å².